The molecule has 9 heteroatoms. The maximum Gasteiger partial charge on any atom is 0.340 e. The van der Waals surface area contributed by atoms with Crippen LogP contribution in [0.15, 0.2) is 54.6 Å². The van der Waals surface area contributed by atoms with Crippen molar-refractivity contribution in [1.29, 1.82) is 0 Å². The Bertz CT molecular complexity index is 908. The third-order valence-corrected chi connectivity index (χ3v) is 4.47. The number of carbonyl (C=O) groups excluding carboxylic acids is 1. The van der Waals surface area contributed by atoms with Crippen molar-refractivity contribution in [3.63, 3.8) is 0 Å². The van der Waals surface area contributed by atoms with Gasteiger partial charge in [0.2, 0.25) is 5.79 Å². The molecule has 3 rings (SSSR count). The van der Waals surface area contributed by atoms with Crippen LogP contribution in [0.2, 0.25) is 0 Å². The first kappa shape index (κ1) is 18.5. The first-order valence-corrected chi connectivity index (χ1v) is 8.44. The molecule has 1 fully saturated rings. The normalized spacial score (nSPS) is 27.2. The molecule has 1 unspecified atom stereocenters. The Morgan fingerprint density at radius 3 is 2.54 bits per heavy atom. The summed E-state index contributed by atoms with van der Waals surface area (Å²) in [4.78, 5) is 22.8. The summed E-state index contributed by atoms with van der Waals surface area (Å²) < 4.78 is 18.8. The molecule has 0 radical (unpaired) electrons. The highest BCUT2D eigenvalue weighted by atomic mass is 16.7. The van der Waals surface area contributed by atoms with Gasteiger partial charge in [0.25, 0.3) is 5.69 Å². The Morgan fingerprint density at radius 2 is 1.96 bits per heavy atom. The first-order valence-electron chi connectivity index (χ1n) is 8.94. The van der Waals surface area contributed by atoms with Crippen molar-refractivity contribution in [2.45, 2.75) is 30.5 Å². The molecule has 0 spiro atoms. The van der Waals surface area contributed by atoms with E-state index < -0.39 is 47.6 Å². The number of nitro benzene ring substituents is 1. The maximum absolute atomic E-state index is 12.7. The predicted molar refractivity (Wildman–Crippen MR) is 95.4 cm³/mol. The molecule has 3 N–H and O–H groups in total. The molecule has 1 aliphatic heterocycles. The zero-order valence-corrected chi connectivity index (χ0v) is 14.6. The van der Waals surface area contributed by atoms with Crippen LogP contribution >= 0.6 is 0 Å². The second kappa shape index (κ2) is 8.03. The summed E-state index contributed by atoms with van der Waals surface area (Å²) in [5.74, 6) is -3.08. The van der Waals surface area contributed by atoms with Gasteiger partial charge in [-0.3, -0.25) is 10.1 Å². The molecule has 2 aromatic carbocycles. The summed E-state index contributed by atoms with van der Waals surface area (Å²) in [5, 5.41) is 40.9. The molecule has 0 bridgehead atoms. The Morgan fingerprint density at radius 1 is 1.25 bits per heavy atom. The van der Waals surface area contributed by atoms with Crippen molar-refractivity contribution in [3.05, 3.63) is 75.8 Å². The van der Waals surface area contributed by atoms with E-state index in [4.69, 9.17) is 10.8 Å². The number of esters is 1. The molecule has 28 heavy (non-hydrogen) atoms. The summed E-state index contributed by atoms with van der Waals surface area (Å²) in [7, 11) is 0. The van der Waals surface area contributed by atoms with E-state index in [1.807, 2.05) is 0 Å². The molecule has 4 atom stereocenters. The van der Waals surface area contributed by atoms with Crippen LogP contribution in [0, 0.1) is 10.1 Å². The monoisotopic (exact) mass is 390 g/mol. The summed E-state index contributed by atoms with van der Waals surface area (Å²) >= 11 is 0. The van der Waals surface area contributed by atoms with Gasteiger partial charge in [0, 0.05) is 18.6 Å². The molecule has 1 aliphatic rings. The molecule has 148 valence electrons. The quantitative estimate of drug-likeness (QED) is 0.374. The Kier molecular flexibility index (Phi) is 5.31. The van der Waals surface area contributed by atoms with Crippen LogP contribution in [-0.4, -0.2) is 56.9 Å². The highest BCUT2D eigenvalue weighted by Gasteiger charge is 2.57. The number of benzene rings is 2. The molecule has 1 saturated heterocycles. The summed E-state index contributed by atoms with van der Waals surface area (Å²) in [6.07, 6.45) is -4.50. The van der Waals surface area contributed by atoms with Gasteiger partial charge in [-0.1, -0.05) is 30.3 Å². The van der Waals surface area contributed by atoms with Gasteiger partial charge < -0.3 is 24.8 Å². The van der Waals surface area contributed by atoms with E-state index in [0.717, 1.165) is 18.2 Å². The Balaban J connectivity index is 1.93. The average Bonchev–Trinajstić information content (AvgIpc) is 2.93. The number of hydrogen-bond acceptors (Lipinski definition) is 8. The number of nitro groups is 1. The molecule has 1 heterocycles. The molecule has 2 aromatic rings. The lowest BCUT2D eigenvalue weighted by Gasteiger charge is -2.31. The topological polar surface area (TPSA) is 139 Å². The van der Waals surface area contributed by atoms with Crippen LogP contribution in [0.3, 0.4) is 0 Å². The highest BCUT2D eigenvalue weighted by molar-refractivity contribution is 5.90. The Hall–Kier alpha value is -2.85. The molecule has 0 saturated carbocycles. The fourth-order valence-electron chi connectivity index (χ4n) is 3.02. The van der Waals surface area contributed by atoms with Crippen molar-refractivity contribution in [1.82, 2.24) is 0 Å². The highest BCUT2D eigenvalue weighted by Crippen LogP contribution is 2.36. The molecular formula is C19H19NO8. The van der Waals surface area contributed by atoms with E-state index in [-0.39, 0.29) is 17.7 Å². The van der Waals surface area contributed by atoms with E-state index in [1.165, 1.54) is 0 Å². The SMILES string of the molecule is [2H]c1cc([N+](=O)[O-])ccc1C(=O)OC1(Cc2ccccc2)O[C@H](CO)[C@@H](O)[C@@H]1O. The zero-order valence-electron chi connectivity index (χ0n) is 15.6. The minimum Gasteiger partial charge on any atom is -0.426 e. The van der Waals surface area contributed by atoms with Gasteiger partial charge >= 0.3 is 5.97 Å². The second-order valence-electron chi connectivity index (χ2n) is 6.36. The van der Waals surface area contributed by atoms with Crippen molar-refractivity contribution in [3.8, 4) is 0 Å². The van der Waals surface area contributed by atoms with Crippen molar-refractivity contribution >= 4 is 11.7 Å². The number of rotatable bonds is 6. The van der Waals surface area contributed by atoms with E-state index in [2.05, 4.69) is 0 Å². The molecular weight excluding hydrogens is 370 g/mol. The van der Waals surface area contributed by atoms with Gasteiger partial charge in [-0.05, 0) is 17.7 Å². The van der Waals surface area contributed by atoms with Gasteiger partial charge in [-0.25, -0.2) is 4.79 Å². The third-order valence-electron chi connectivity index (χ3n) is 4.47. The van der Waals surface area contributed by atoms with Crippen LogP contribution in [-0.2, 0) is 15.9 Å². The van der Waals surface area contributed by atoms with Crippen LogP contribution in [0.25, 0.3) is 0 Å². The number of hydrogen-bond donors (Lipinski definition) is 3. The van der Waals surface area contributed by atoms with Crippen LogP contribution in [0.1, 0.15) is 17.3 Å². The zero-order chi connectivity index (χ0) is 21.2. The van der Waals surface area contributed by atoms with Crippen LogP contribution in [0.5, 0.6) is 0 Å². The number of ether oxygens (including phenoxy) is 2. The molecule has 0 amide bonds. The second-order valence-corrected chi connectivity index (χ2v) is 6.36. The van der Waals surface area contributed by atoms with E-state index in [0.29, 0.717) is 5.56 Å². The van der Waals surface area contributed by atoms with Gasteiger partial charge in [-0.15, -0.1) is 0 Å². The summed E-state index contributed by atoms with van der Waals surface area (Å²) in [6, 6.07) is 11.2. The average molecular weight is 390 g/mol. The smallest absolute Gasteiger partial charge is 0.340 e. The molecule has 0 aliphatic carbocycles. The van der Waals surface area contributed by atoms with Crippen molar-refractivity contribution < 1.29 is 35.9 Å². The number of non-ortho nitro benzene ring substituents is 1. The molecule has 0 aromatic heterocycles. The van der Waals surface area contributed by atoms with E-state index in [1.54, 1.807) is 30.3 Å². The fourth-order valence-corrected chi connectivity index (χ4v) is 3.02. The van der Waals surface area contributed by atoms with E-state index in [9.17, 15) is 30.2 Å². The van der Waals surface area contributed by atoms with Crippen molar-refractivity contribution in [2.24, 2.45) is 0 Å². The minimum absolute atomic E-state index is 0.130. The first-order chi connectivity index (χ1) is 13.8. The lowest BCUT2D eigenvalue weighted by Crippen LogP contribution is -2.48. The summed E-state index contributed by atoms with van der Waals surface area (Å²) in [5.41, 5.74) is -0.0147. The largest absolute Gasteiger partial charge is 0.426 e. The number of nitrogens with zero attached hydrogens (tertiary/aromatic N) is 1. The lowest BCUT2D eigenvalue weighted by molar-refractivity contribution is -0.384. The standard InChI is InChI=1S/C19H19NO8/c21-11-15-16(22)17(23)19(27-15,10-12-4-2-1-3-5-12)28-18(24)13-6-8-14(9-7-13)20(25)26/h1-9,15-17,21-23H,10-11H2/t15-,16-,17+,19?/m1/s1/i6D. The fraction of sp³-hybridized carbons (Fsp3) is 0.316. The number of aliphatic hydroxyl groups is 3. The number of carbonyl (C=O) groups is 1. The maximum atomic E-state index is 12.7. The van der Waals surface area contributed by atoms with Crippen LogP contribution < -0.4 is 0 Å². The van der Waals surface area contributed by atoms with Gasteiger partial charge in [0.05, 0.1) is 18.5 Å². The third kappa shape index (κ3) is 3.87. The minimum atomic E-state index is -2.01. The van der Waals surface area contributed by atoms with Gasteiger partial charge in [-0.2, -0.15) is 0 Å². The predicted octanol–water partition coefficient (Wildman–Crippen LogP) is 0.803. The summed E-state index contributed by atoms with van der Waals surface area (Å²) in [6.45, 7) is -0.618. The van der Waals surface area contributed by atoms with Crippen molar-refractivity contribution in [2.75, 3.05) is 6.61 Å². The van der Waals surface area contributed by atoms with Gasteiger partial charge in [0.1, 0.15) is 18.3 Å². The number of aliphatic hydroxyl groups excluding tert-OH is 3. The van der Waals surface area contributed by atoms with Crippen LogP contribution in [0.4, 0.5) is 5.69 Å². The van der Waals surface area contributed by atoms with E-state index >= 15 is 0 Å². The van der Waals surface area contributed by atoms with Gasteiger partial charge in [0.15, 0.2) is 0 Å². The Labute approximate surface area is 161 Å². The molecule has 9 nitrogen and oxygen atoms in total. The lowest BCUT2D eigenvalue weighted by atomic mass is 9.97.